The number of hydrogen-bond donors (Lipinski definition) is 0. The van der Waals surface area contributed by atoms with Crippen LogP contribution in [0.25, 0.3) is 10.8 Å². The van der Waals surface area contributed by atoms with Crippen molar-refractivity contribution in [1.82, 2.24) is 25.2 Å². The molecule has 0 fully saturated rings. The van der Waals surface area contributed by atoms with E-state index in [1.807, 2.05) is 24.6 Å². The summed E-state index contributed by atoms with van der Waals surface area (Å²) in [5.74, 6) is 1.54. The lowest BCUT2D eigenvalue weighted by molar-refractivity contribution is 0.581. The van der Waals surface area contributed by atoms with Crippen LogP contribution in [0.4, 0.5) is 0 Å². The normalized spacial score (nSPS) is 10.9. The molecular weight excluding hydrogens is 270 g/mol. The lowest BCUT2D eigenvalue weighted by Crippen LogP contribution is -1.93. The standard InChI is InChI=1S/C10H9N5OS2/c1-15-10(12-13-14-15)18-6-7-5-17-9(11-7)8-3-2-4-16-8/h2-5H,6H2,1H3. The number of rotatable bonds is 4. The fraction of sp³-hybridized carbons (Fsp3) is 0.200. The molecule has 3 aromatic heterocycles. The van der Waals surface area contributed by atoms with E-state index >= 15 is 0 Å². The minimum atomic E-state index is 0.741. The molecule has 6 nitrogen and oxygen atoms in total. The topological polar surface area (TPSA) is 69.6 Å². The maximum absolute atomic E-state index is 5.31. The molecule has 0 aliphatic carbocycles. The summed E-state index contributed by atoms with van der Waals surface area (Å²) < 4.78 is 6.95. The van der Waals surface area contributed by atoms with Gasteiger partial charge in [-0.3, -0.25) is 0 Å². The highest BCUT2D eigenvalue weighted by atomic mass is 32.2. The Labute approximate surface area is 111 Å². The number of aromatic nitrogens is 5. The first-order valence-electron chi connectivity index (χ1n) is 5.16. The van der Waals surface area contributed by atoms with Crippen LogP contribution in [-0.4, -0.2) is 25.2 Å². The van der Waals surface area contributed by atoms with E-state index in [1.54, 1.807) is 34.0 Å². The lowest BCUT2D eigenvalue weighted by atomic mass is 10.5. The zero-order valence-electron chi connectivity index (χ0n) is 9.48. The lowest BCUT2D eigenvalue weighted by Gasteiger charge is -1.95. The Kier molecular flexibility index (Phi) is 3.11. The Morgan fingerprint density at radius 2 is 2.44 bits per heavy atom. The number of furan rings is 1. The Morgan fingerprint density at radius 3 is 3.17 bits per heavy atom. The van der Waals surface area contributed by atoms with Gasteiger partial charge in [-0.15, -0.1) is 16.4 Å². The molecule has 0 spiro atoms. The van der Waals surface area contributed by atoms with Crippen LogP contribution in [0.15, 0.2) is 33.3 Å². The number of hydrogen-bond acceptors (Lipinski definition) is 7. The summed E-state index contributed by atoms with van der Waals surface area (Å²) in [6, 6.07) is 3.76. The molecule has 0 atom stereocenters. The van der Waals surface area contributed by atoms with Crippen molar-refractivity contribution in [3.8, 4) is 10.8 Å². The molecular formula is C10H9N5OS2. The molecule has 0 amide bonds. The third-order valence-electron chi connectivity index (χ3n) is 2.21. The molecule has 8 heteroatoms. The molecule has 0 aliphatic heterocycles. The van der Waals surface area contributed by atoms with E-state index in [0.717, 1.165) is 27.4 Å². The minimum absolute atomic E-state index is 0.741. The van der Waals surface area contributed by atoms with Gasteiger partial charge in [-0.05, 0) is 22.6 Å². The van der Waals surface area contributed by atoms with Crippen molar-refractivity contribution in [2.45, 2.75) is 10.9 Å². The van der Waals surface area contributed by atoms with E-state index in [1.165, 1.54) is 0 Å². The van der Waals surface area contributed by atoms with Crippen molar-refractivity contribution in [2.75, 3.05) is 0 Å². The first-order valence-corrected chi connectivity index (χ1v) is 7.03. The average molecular weight is 279 g/mol. The summed E-state index contributed by atoms with van der Waals surface area (Å²) in [5, 5.41) is 15.0. The Bertz CT molecular complexity index is 630. The van der Waals surface area contributed by atoms with Crippen molar-refractivity contribution < 1.29 is 4.42 Å². The summed E-state index contributed by atoms with van der Waals surface area (Å²) in [6.45, 7) is 0. The fourth-order valence-corrected chi connectivity index (χ4v) is 3.00. The van der Waals surface area contributed by atoms with E-state index in [4.69, 9.17) is 4.42 Å². The van der Waals surface area contributed by atoms with E-state index in [0.29, 0.717) is 0 Å². The second-order valence-electron chi connectivity index (χ2n) is 3.50. The molecule has 3 rings (SSSR count). The maximum atomic E-state index is 5.31. The molecule has 0 unspecified atom stereocenters. The van der Waals surface area contributed by atoms with Crippen LogP contribution in [0.2, 0.25) is 0 Å². The highest BCUT2D eigenvalue weighted by Gasteiger charge is 2.09. The first-order chi connectivity index (χ1) is 8.83. The fourth-order valence-electron chi connectivity index (χ4n) is 1.37. The average Bonchev–Trinajstić information content (AvgIpc) is 3.08. The Hall–Kier alpha value is -1.67. The minimum Gasteiger partial charge on any atom is -0.462 e. The van der Waals surface area contributed by atoms with Crippen LogP contribution in [0.3, 0.4) is 0 Å². The van der Waals surface area contributed by atoms with Gasteiger partial charge in [-0.2, -0.15) is 0 Å². The Morgan fingerprint density at radius 1 is 1.50 bits per heavy atom. The van der Waals surface area contributed by atoms with Crippen molar-refractivity contribution in [2.24, 2.45) is 7.05 Å². The van der Waals surface area contributed by atoms with Crippen LogP contribution < -0.4 is 0 Å². The van der Waals surface area contributed by atoms with Crippen LogP contribution in [0.1, 0.15) is 5.69 Å². The molecule has 0 saturated heterocycles. The molecule has 18 heavy (non-hydrogen) atoms. The number of thiazole rings is 1. The van der Waals surface area contributed by atoms with Gasteiger partial charge in [0.1, 0.15) is 0 Å². The number of aryl methyl sites for hydroxylation is 1. The quantitative estimate of drug-likeness (QED) is 0.682. The summed E-state index contributed by atoms with van der Waals surface area (Å²) in [4.78, 5) is 4.51. The van der Waals surface area contributed by atoms with Gasteiger partial charge in [0.15, 0.2) is 10.8 Å². The predicted molar refractivity (Wildman–Crippen MR) is 68.2 cm³/mol. The van der Waals surface area contributed by atoms with Gasteiger partial charge in [0.05, 0.1) is 12.0 Å². The summed E-state index contributed by atoms with van der Waals surface area (Å²) in [5.41, 5.74) is 0.999. The monoisotopic (exact) mass is 279 g/mol. The van der Waals surface area contributed by atoms with E-state index in [-0.39, 0.29) is 0 Å². The summed E-state index contributed by atoms with van der Waals surface area (Å²) >= 11 is 3.13. The van der Waals surface area contributed by atoms with Gasteiger partial charge in [-0.25, -0.2) is 9.67 Å². The van der Waals surface area contributed by atoms with Crippen molar-refractivity contribution in [3.05, 3.63) is 29.5 Å². The van der Waals surface area contributed by atoms with Gasteiger partial charge < -0.3 is 4.42 Å². The Balaban J connectivity index is 1.69. The zero-order chi connectivity index (χ0) is 12.4. The molecule has 0 aliphatic rings. The first kappa shape index (κ1) is 11.4. The number of thioether (sulfide) groups is 1. The summed E-state index contributed by atoms with van der Waals surface area (Å²) in [6.07, 6.45) is 1.65. The highest BCUT2D eigenvalue weighted by molar-refractivity contribution is 7.98. The van der Waals surface area contributed by atoms with Crippen LogP contribution >= 0.6 is 23.1 Å². The van der Waals surface area contributed by atoms with Gasteiger partial charge >= 0.3 is 0 Å². The second kappa shape index (κ2) is 4.91. The second-order valence-corrected chi connectivity index (χ2v) is 5.30. The molecule has 0 bridgehead atoms. The van der Waals surface area contributed by atoms with E-state index < -0.39 is 0 Å². The van der Waals surface area contributed by atoms with Gasteiger partial charge in [-0.1, -0.05) is 11.8 Å². The zero-order valence-corrected chi connectivity index (χ0v) is 11.1. The largest absolute Gasteiger partial charge is 0.462 e. The van der Waals surface area contributed by atoms with E-state index in [2.05, 4.69) is 20.5 Å². The van der Waals surface area contributed by atoms with Gasteiger partial charge in [0, 0.05) is 18.2 Å². The van der Waals surface area contributed by atoms with Crippen LogP contribution in [0, 0.1) is 0 Å². The van der Waals surface area contributed by atoms with Gasteiger partial charge in [0.2, 0.25) is 5.16 Å². The van der Waals surface area contributed by atoms with Crippen LogP contribution in [-0.2, 0) is 12.8 Å². The van der Waals surface area contributed by atoms with Crippen molar-refractivity contribution >= 4 is 23.1 Å². The molecule has 0 aromatic carbocycles. The number of nitrogens with zero attached hydrogens (tertiary/aromatic N) is 5. The third-order valence-corrected chi connectivity index (χ3v) is 4.16. The van der Waals surface area contributed by atoms with E-state index in [9.17, 15) is 0 Å². The SMILES string of the molecule is Cn1nnnc1SCc1csc(-c2ccco2)n1. The van der Waals surface area contributed by atoms with Gasteiger partial charge in [0.25, 0.3) is 0 Å². The maximum Gasteiger partial charge on any atom is 0.209 e. The molecule has 0 radical (unpaired) electrons. The van der Waals surface area contributed by atoms with Crippen molar-refractivity contribution in [3.63, 3.8) is 0 Å². The smallest absolute Gasteiger partial charge is 0.209 e. The molecule has 3 heterocycles. The molecule has 92 valence electrons. The predicted octanol–water partition coefficient (Wildman–Crippen LogP) is 2.22. The molecule has 0 N–H and O–H groups in total. The molecule has 3 aromatic rings. The summed E-state index contributed by atoms with van der Waals surface area (Å²) in [7, 11) is 1.82. The third kappa shape index (κ3) is 2.29. The number of tetrazole rings is 1. The molecule has 0 saturated carbocycles. The van der Waals surface area contributed by atoms with Crippen LogP contribution in [0.5, 0.6) is 0 Å². The van der Waals surface area contributed by atoms with Crippen molar-refractivity contribution in [1.29, 1.82) is 0 Å². The highest BCUT2D eigenvalue weighted by Crippen LogP contribution is 2.26.